The molecule has 0 radical (unpaired) electrons. The lowest BCUT2D eigenvalue weighted by molar-refractivity contribution is -0.466. The van der Waals surface area contributed by atoms with Gasteiger partial charge < -0.3 is 9.47 Å². The van der Waals surface area contributed by atoms with Crippen LogP contribution in [0.5, 0.6) is 0 Å². The normalized spacial score (nSPS) is 25.1. The van der Waals surface area contributed by atoms with Crippen LogP contribution in [0.3, 0.4) is 0 Å². The zero-order valence-electron chi connectivity index (χ0n) is 14.4. The molecule has 1 saturated heterocycles. The van der Waals surface area contributed by atoms with Gasteiger partial charge in [0.25, 0.3) is 0 Å². The Morgan fingerprint density at radius 1 is 1.14 bits per heavy atom. The molecule has 0 spiro atoms. The highest BCUT2D eigenvalue weighted by Gasteiger charge is 2.38. The molecule has 1 rings (SSSR count). The second-order valence-corrected chi connectivity index (χ2v) is 6.11. The van der Waals surface area contributed by atoms with Gasteiger partial charge in [0.1, 0.15) is 6.10 Å². The van der Waals surface area contributed by atoms with Crippen LogP contribution in [0.2, 0.25) is 0 Å². The molecule has 22 heavy (non-hydrogen) atoms. The number of carbonyl (C=O) groups is 1. The fourth-order valence-corrected chi connectivity index (χ4v) is 2.79. The van der Waals surface area contributed by atoms with Crippen LogP contribution in [-0.2, 0) is 24.0 Å². The molecule has 5 nitrogen and oxygen atoms in total. The highest BCUT2D eigenvalue weighted by Crippen LogP contribution is 2.33. The van der Waals surface area contributed by atoms with Gasteiger partial charge in [-0.25, -0.2) is 9.78 Å². The lowest BCUT2D eigenvalue weighted by Crippen LogP contribution is -2.42. The van der Waals surface area contributed by atoms with Crippen LogP contribution in [0, 0.1) is 0 Å². The maximum Gasteiger partial charge on any atom is 0.308 e. The van der Waals surface area contributed by atoms with E-state index in [9.17, 15) is 4.79 Å². The first kappa shape index (κ1) is 19.4. The summed E-state index contributed by atoms with van der Waals surface area (Å²) >= 11 is 0. The molecule has 0 saturated carbocycles. The van der Waals surface area contributed by atoms with Crippen molar-refractivity contribution in [2.24, 2.45) is 0 Å². The second kappa shape index (κ2) is 11.0. The first-order valence-corrected chi connectivity index (χ1v) is 8.62. The van der Waals surface area contributed by atoms with Crippen LogP contribution < -0.4 is 0 Å². The molecule has 0 aliphatic carbocycles. The third-order valence-corrected chi connectivity index (χ3v) is 4.34. The minimum Gasteiger partial charge on any atom is -0.469 e. The molecular weight excluding hydrogens is 284 g/mol. The quantitative estimate of drug-likeness (QED) is 0.326. The number of ether oxygens (including phenoxy) is 2. The van der Waals surface area contributed by atoms with Gasteiger partial charge in [0.2, 0.25) is 5.79 Å². The average Bonchev–Trinajstić information content (AvgIpc) is 2.55. The summed E-state index contributed by atoms with van der Waals surface area (Å²) in [5.41, 5.74) is 0. The van der Waals surface area contributed by atoms with Gasteiger partial charge in [-0.05, 0) is 12.8 Å². The maximum atomic E-state index is 11.2. The monoisotopic (exact) mass is 316 g/mol. The highest BCUT2D eigenvalue weighted by atomic mass is 17.2. The zero-order valence-corrected chi connectivity index (χ0v) is 14.4. The minimum atomic E-state index is -0.643. The molecule has 1 aliphatic rings. The summed E-state index contributed by atoms with van der Waals surface area (Å²) in [4.78, 5) is 22.1. The van der Waals surface area contributed by atoms with Crippen LogP contribution in [0.1, 0.15) is 77.6 Å². The van der Waals surface area contributed by atoms with Gasteiger partial charge in [-0.2, -0.15) is 0 Å². The molecule has 1 heterocycles. The van der Waals surface area contributed by atoms with E-state index in [1.54, 1.807) is 7.11 Å². The summed E-state index contributed by atoms with van der Waals surface area (Å²) in [5.74, 6) is -0.915. The Bertz CT molecular complexity index is 297. The number of esters is 1. The topological polar surface area (TPSA) is 54.0 Å². The summed E-state index contributed by atoms with van der Waals surface area (Å²) in [6, 6.07) is 0. The average molecular weight is 316 g/mol. The second-order valence-electron chi connectivity index (χ2n) is 6.11. The molecule has 130 valence electrons. The molecule has 0 aromatic carbocycles. The Balaban J connectivity index is 2.19. The Kier molecular flexibility index (Phi) is 9.68. The van der Waals surface area contributed by atoms with Crippen molar-refractivity contribution in [3.63, 3.8) is 0 Å². The van der Waals surface area contributed by atoms with E-state index in [1.165, 1.54) is 45.6 Å². The van der Waals surface area contributed by atoms with Crippen molar-refractivity contribution in [1.82, 2.24) is 0 Å². The number of unbranched alkanes of at least 4 members (excludes halogenated alkanes) is 6. The summed E-state index contributed by atoms with van der Waals surface area (Å²) in [7, 11) is 3.04. The summed E-state index contributed by atoms with van der Waals surface area (Å²) in [6.07, 6.45) is 11.1. The van der Waals surface area contributed by atoms with E-state index in [4.69, 9.17) is 14.5 Å². The molecule has 0 aromatic heterocycles. The lowest BCUT2D eigenvalue weighted by Gasteiger charge is -2.37. The Labute approximate surface area is 134 Å². The van der Waals surface area contributed by atoms with Crippen LogP contribution in [0.4, 0.5) is 0 Å². The Hall–Kier alpha value is -0.650. The van der Waals surface area contributed by atoms with E-state index in [2.05, 4.69) is 11.7 Å². The summed E-state index contributed by atoms with van der Waals surface area (Å²) in [5, 5.41) is 0. The number of hydrogen-bond donors (Lipinski definition) is 0. The van der Waals surface area contributed by atoms with E-state index in [1.807, 2.05) is 0 Å². The first-order valence-electron chi connectivity index (χ1n) is 8.62. The third-order valence-electron chi connectivity index (χ3n) is 4.34. The van der Waals surface area contributed by atoms with Gasteiger partial charge in [-0.3, -0.25) is 4.79 Å². The predicted molar refractivity (Wildman–Crippen MR) is 84.2 cm³/mol. The smallest absolute Gasteiger partial charge is 0.308 e. The van der Waals surface area contributed by atoms with Crippen molar-refractivity contribution in [3.8, 4) is 0 Å². The van der Waals surface area contributed by atoms with Gasteiger partial charge in [-0.1, -0.05) is 45.4 Å². The van der Waals surface area contributed by atoms with Crippen LogP contribution >= 0.6 is 0 Å². The van der Waals surface area contributed by atoms with Gasteiger partial charge in [0.05, 0.1) is 13.5 Å². The molecule has 0 amide bonds. The van der Waals surface area contributed by atoms with Crippen molar-refractivity contribution >= 4 is 5.97 Å². The SMILES string of the molecule is CCCCCCCCC[C@]1(OC)CC[C@H](CC(=O)OC)OO1. The molecule has 0 bridgehead atoms. The molecule has 5 heteroatoms. The van der Waals surface area contributed by atoms with E-state index >= 15 is 0 Å². The molecule has 2 atom stereocenters. The highest BCUT2D eigenvalue weighted by molar-refractivity contribution is 5.69. The molecule has 0 aromatic rings. The van der Waals surface area contributed by atoms with Gasteiger partial charge in [0, 0.05) is 20.0 Å². The fourth-order valence-electron chi connectivity index (χ4n) is 2.79. The number of methoxy groups -OCH3 is 2. The van der Waals surface area contributed by atoms with E-state index in [0.717, 1.165) is 25.7 Å². The van der Waals surface area contributed by atoms with Crippen molar-refractivity contribution in [1.29, 1.82) is 0 Å². The van der Waals surface area contributed by atoms with Crippen LogP contribution in [-0.4, -0.2) is 32.1 Å². The largest absolute Gasteiger partial charge is 0.469 e. The molecule has 1 aliphatic heterocycles. The van der Waals surface area contributed by atoms with Crippen molar-refractivity contribution in [3.05, 3.63) is 0 Å². The maximum absolute atomic E-state index is 11.2. The fraction of sp³-hybridized carbons (Fsp3) is 0.941. The number of carbonyl (C=O) groups excluding carboxylic acids is 1. The summed E-state index contributed by atoms with van der Waals surface area (Å²) < 4.78 is 10.2. The first-order chi connectivity index (χ1) is 10.7. The standard InChI is InChI=1S/C17H32O5/c1-4-5-6-7-8-9-10-12-17(20-3)13-11-15(21-22-17)14-16(18)19-2/h15H,4-14H2,1-3H3/t15-,17-/m1/s1. The Morgan fingerprint density at radius 3 is 2.36 bits per heavy atom. The van der Waals surface area contributed by atoms with E-state index in [0.29, 0.717) is 0 Å². The minimum absolute atomic E-state index is 0.230. The van der Waals surface area contributed by atoms with Gasteiger partial charge in [0.15, 0.2) is 0 Å². The van der Waals surface area contributed by atoms with Crippen LogP contribution in [0.25, 0.3) is 0 Å². The third kappa shape index (κ3) is 7.07. The van der Waals surface area contributed by atoms with E-state index in [-0.39, 0.29) is 18.5 Å². The van der Waals surface area contributed by atoms with Crippen molar-refractivity contribution < 1.29 is 24.0 Å². The van der Waals surface area contributed by atoms with Gasteiger partial charge in [-0.15, -0.1) is 0 Å². The number of rotatable bonds is 11. The number of hydrogen-bond acceptors (Lipinski definition) is 5. The molecule has 0 N–H and O–H groups in total. The Morgan fingerprint density at radius 2 is 1.82 bits per heavy atom. The predicted octanol–water partition coefficient (Wildman–Crippen LogP) is 4.14. The zero-order chi connectivity index (χ0) is 16.3. The molecule has 0 unspecified atom stereocenters. The molecule has 1 fully saturated rings. The van der Waals surface area contributed by atoms with Crippen molar-refractivity contribution in [2.75, 3.05) is 14.2 Å². The van der Waals surface area contributed by atoms with Gasteiger partial charge >= 0.3 is 5.97 Å². The van der Waals surface area contributed by atoms with Crippen molar-refractivity contribution in [2.45, 2.75) is 89.4 Å². The van der Waals surface area contributed by atoms with Crippen LogP contribution in [0.15, 0.2) is 0 Å². The summed E-state index contributed by atoms with van der Waals surface area (Å²) in [6.45, 7) is 2.23. The molecular formula is C17H32O5. The lowest BCUT2D eigenvalue weighted by atomic mass is 9.98. The van der Waals surface area contributed by atoms with E-state index < -0.39 is 5.79 Å².